The van der Waals surface area contributed by atoms with Crippen LogP contribution in [-0.4, -0.2) is 25.6 Å². The average molecular weight is 264 g/mol. The highest BCUT2D eigenvalue weighted by molar-refractivity contribution is 5.77. The van der Waals surface area contributed by atoms with Crippen molar-refractivity contribution < 1.29 is 9.53 Å². The van der Waals surface area contributed by atoms with Crippen LogP contribution < -0.4 is 15.4 Å². The zero-order valence-electron chi connectivity index (χ0n) is 12.0. The van der Waals surface area contributed by atoms with Crippen LogP contribution in [-0.2, 0) is 11.3 Å². The van der Waals surface area contributed by atoms with Crippen LogP contribution in [0.5, 0.6) is 5.75 Å². The molecule has 1 rings (SSSR count). The first-order valence-electron chi connectivity index (χ1n) is 6.82. The predicted molar refractivity (Wildman–Crippen MR) is 77.2 cm³/mol. The number of hydrogen-bond acceptors (Lipinski definition) is 3. The number of nitrogens with one attached hydrogen (secondary N) is 2. The summed E-state index contributed by atoms with van der Waals surface area (Å²) in [5, 5.41) is 6.00. The molecule has 0 aliphatic heterocycles. The Morgan fingerprint density at radius 2 is 2.11 bits per heavy atom. The number of para-hydroxylation sites is 1. The fraction of sp³-hybridized carbons (Fsp3) is 0.533. The summed E-state index contributed by atoms with van der Waals surface area (Å²) in [6, 6.07) is 7.95. The van der Waals surface area contributed by atoms with E-state index in [1.807, 2.05) is 38.2 Å². The Labute approximate surface area is 115 Å². The molecule has 2 N–H and O–H groups in total. The molecule has 0 radical (unpaired) electrons. The lowest BCUT2D eigenvalue weighted by atomic mass is 10.2. The zero-order chi connectivity index (χ0) is 14.1. The van der Waals surface area contributed by atoms with Gasteiger partial charge in [0.25, 0.3) is 5.91 Å². The maximum absolute atomic E-state index is 11.7. The van der Waals surface area contributed by atoms with Crippen molar-refractivity contribution in [1.82, 2.24) is 10.6 Å². The van der Waals surface area contributed by atoms with Crippen LogP contribution in [0.25, 0.3) is 0 Å². The summed E-state index contributed by atoms with van der Waals surface area (Å²) < 4.78 is 5.58. The molecule has 0 bridgehead atoms. The lowest BCUT2D eigenvalue weighted by Crippen LogP contribution is -2.36. The van der Waals surface area contributed by atoms with Gasteiger partial charge in [0.15, 0.2) is 6.61 Å². The molecule has 0 spiro atoms. The van der Waals surface area contributed by atoms with E-state index in [2.05, 4.69) is 17.6 Å². The molecule has 0 aliphatic carbocycles. The number of hydrogen-bond donors (Lipinski definition) is 2. The number of carbonyl (C=O) groups excluding carboxylic acids is 1. The van der Waals surface area contributed by atoms with Crippen LogP contribution in [0.1, 0.15) is 32.3 Å². The molecular weight excluding hydrogens is 240 g/mol. The molecule has 4 nitrogen and oxygen atoms in total. The maximum Gasteiger partial charge on any atom is 0.258 e. The third kappa shape index (κ3) is 5.75. The molecule has 1 atom stereocenters. The number of rotatable bonds is 8. The topological polar surface area (TPSA) is 50.4 Å². The first-order chi connectivity index (χ1) is 9.17. The van der Waals surface area contributed by atoms with Gasteiger partial charge >= 0.3 is 0 Å². The molecular formula is C15H24N2O2. The first kappa shape index (κ1) is 15.5. The molecule has 1 aromatic rings. The van der Waals surface area contributed by atoms with Crippen molar-refractivity contribution in [3.8, 4) is 5.75 Å². The van der Waals surface area contributed by atoms with Gasteiger partial charge in [-0.1, -0.05) is 31.5 Å². The molecule has 0 saturated heterocycles. The summed E-state index contributed by atoms with van der Waals surface area (Å²) in [6.45, 7) is 4.91. The van der Waals surface area contributed by atoms with Gasteiger partial charge in [-0.05, 0) is 26.5 Å². The quantitative estimate of drug-likeness (QED) is 0.756. The van der Waals surface area contributed by atoms with E-state index in [0.29, 0.717) is 0 Å². The zero-order valence-corrected chi connectivity index (χ0v) is 12.0. The minimum absolute atomic E-state index is 0.0643. The van der Waals surface area contributed by atoms with Crippen molar-refractivity contribution in [2.24, 2.45) is 0 Å². The monoisotopic (exact) mass is 264 g/mol. The van der Waals surface area contributed by atoms with Crippen molar-refractivity contribution in [3.05, 3.63) is 29.8 Å². The van der Waals surface area contributed by atoms with Crippen LogP contribution >= 0.6 is 0 Å². The van der Waals surface area contributed by atoms with Gasteiger partial charge < -0.3 is 15.4 Å². The molecule has 1 amide bonds. The van der Waals surface area contributed by atoms with E-state index in [1.165, 1.54) is 0 Å². The SMILES string of the molecule is CCCC(C)NC(=O)COc1ccccc1CNC. The van der Waals surface area contributed by atoms with Gasteiger partial charge in [-0.2, -0.15) is 0 Å². The van der Waals surface area contributed by atoms with Crippen LogP contribution in [0, 0.1) is 0 Å². The molecule has 0 fully saturated rings. The summed E-state index contributed by atoms with van der Waals surface area (Å²) in [5.41, 5.74) is 1.06. The highest BCUT2D eigenvalue weighted by atomic mass is 16.5. The minimum atomic E-state index is -0.0692. The van der Waals surface area contributed by atoms with E-state index in [4.69, 9.17) is 4.74 Å². The molecule has 106 valence electrons. The van der Waals surface area contributed by atoms with Gasteiger partial charge in [-0.15, -0.1) is 0 Å². The normalized spacial score (nSPS) is 11.9. The smallest absolute Gasteiger partial charge is 0.258 e. The number of benzene rings is 1. The summed E-state index contributed by atoms with van der Waals surface area (Å²) in [6.07, 6.45) is 2.05. The van der Waals surface area contributed by atoms with Gasteiger partial charge in [0.05, 0.1) is 0 Å². The Morgan fingerprint density at radius 1 is 1.37 bits per heavy atom. The Balaban J connectivity index is 2.45. The predicted octanol–water partition coefficient (Wildman–Crippen LogP) is 2.09. The highest BCUT2D eigenvalue weighted by Crippen LogP contribution is 2.17. The van der Waals surface area contributed by atoms with Crippen LogP contribution in [0.4, 0.5) is 0 Å². The molecule has 4 heteroatoms. The van der Waals surface area contributed by atoms with Crippen molar-refractivity contribution >= 4 is 5.91 Å². The van der Waals surface area contributed by atoms with Gasteiger partial charge in [0.1, 0.15) is 5.75 Å². The van der Waals surface area contributed by atoms with Crippen molar-refractivity contribution in [1.29, 1.82) is 0 Å². The fourth-order valence-corrected chi connectivity index (χ4v) is 1.95. The van der Waals surface area contributed by atoms with E-state index >= 15 is 0 Å². The average Bonchev–Trinajstić information content (AvgIpc) is 2.38. The second-order valence-corrected chi connectivity index (χ2v) is 4.68. The van der Waals surface area contributed by atoms with E-state index < -0.39 is 0 Å². The Kier molecular flexibility index (Phi) is 6.97. The molecule has 1 aromatic carbocycles. The number of carbonyl (C=O) groups is 1. The molecule has 1 unspecified atom stereocenters. The Morgan fingerprint density at radius 3 is 2.79 bits per heavy atom. The largest absolute Gasteiger partial charge is 0.483 e. The molecule has 19 heavy (non-hydrogen) atoms. The molecule has 0 heterocycles. The lowest BCUT2D eigenvalue weighted by Gasteiger charge is -2.14. The lowest BCUT2D eigenvalue weighted by molar-refractivity contribution is -0.123. The van der Waals surface area contributed by atoms with Crippen molar-refractivity contribution in [2.45, 2.75) is 39.3 Å². The van der Waals surface area contributed by atoms with Crippen LogP contribution in [0.2, 0.25) is 0 Å². The molecule has 0 aliphatic rings. The molecule has 0 aromatic heterocycles. The second kappa shape index (κ2) is 8.53. The van der Waals surface area contributed by atoms with Gasteiger partial charge in [0.2, 0.25) is 0 Å². The van der Waals surface area contributed by atoms with Crippen LogP contribution in [0.3, 0.4) is 0 Å². The van der Waals surface area contributed by atoms with E-state index in [0.717, 1.165) is 30.7 Å². The summed E-state index contributed by atoms with van der Waals surface area (Å²) in [5.74, 6) is 0.690. The third-order valence-electron chi connectivity index (χ3n) is 2.83. The summed E-state index contributed by atoms with van der Waals surface area (Å²) in [7, 11) is 1.88. The van der Waals surface area contributed by atoms with E-state index in [9.17, 15) is 4.79 Å². The maximum atomic E-state index is 11.7. The second-order valence-electron chi connectivity index (χ2n) is 4.68. The van der Waals surface area contributed by atoms with E-state index in [1.54, 1.807) is 0 Å². The standard InChI is InChI=1S/C15H24N2O2/c1-4-7-12(2)17-15(18)11-19-14-9-6-5-8-13(14)10-16-3/h5-6,8-9,12,16H,4,7,10-11H2,1-3H3,(H,17,18). The molecule has 0 saturated carbocycles. The first-order valence-corrected chi connectivity index (χ1v) is 6.82. The highest BCUT2D eigenvalue weighted by Gasteiger charge is 2.08. The minimum Gasteiger partial charge on any atom is -0.483 e. The van der Waals surface area contributed by atoms with Crippen molar-refractivity contribution in [3.63, 3.8) is 0 Å². The summed E-state index contributed by atoms with van der Waals surface area (Å²) >= 11 is 0. The Bertz CT molecular complexity index is 393. The number of amides is 1. The van der Waals surface area contributed by atoms with E-state index in [-0.39, 0.29) is 18.6 Å². The van der Waals surface area contributed by atoms with Gasteiger partial charge in [0, 0.05) is 18.2 Å². The van der Waals surface area contributed by atoms with Gasteiger partial charge in [-0.25, -0.2) is 0 Å². The third-order valence-corrected chi connectivity index (χ3v) is 2.83. The summed E-state index contributed by atoms with van der Waals surface area (Å²) in [4.78, 5) is 11.7. The van der Waals surface area contributed by atoms with Crippen LogP contribution in [0.15, 0.2) is 24.3 Å². The fourth-order valence-electron chi connectivity index (χ4n) is 1.95. The number of ether oxygens (including phenoxy) is 1. The van der Waals surface area contributed by atoms with Gasteiger partial charge in [-0.3, -0.25) is 4.79 Å². The Hall–Kier alpha value is -1.55. The van der Waals surface area contributed by atoms with Crippen molar-refractivity contribution in [2.75, 3.05) is 13.7 Å².